The highest BCUT2D eigenvalue weighted by Crippen LogP contribution is 2.40. The van der Waals surface area contributed by atoms with Gasteiger partial charge in [0.2, 0.25) is 0 Å². The van der Waals surface area contributed by atoms with E-state index < -0.39 is 0 Å². The predicted molar refractivity (Wildman–Crippen MR) is 85.1 cm³/mol. The predicted octanol–water partition coefficient (Wildman–Crippen LogP) is 3.49. The number of carbonyl (C=O) groups is 1. The van der Waals surface area contributed by atoms with Crippen molar-refractivity contribution < 1.29 is 4.79 Å². The fourth-order valence-corrected chi connectivity index (χ4v) is 2.74. The van der Waals surface area contributed by atoms with Crippen molar-refractivity contribution in [2.24, 2.45) is 5.92 Å². The second-order valence-electron chi connectivity index (χ2n) is 5.35. The first-order valence-corrected chi connectivity index (χ1v) is 7.99. The maximum atomic E-state index is 12.5. The lowest BCUT2D eigenvalue weighted by Crippen LogP contribution is -2.32. The lowest BCUT2D eigenvalue weighted by molar-refractivity contribution is 0.0928. The fourth-order valence-electron chi connectivity index (χ4n) is 2.44. The number of nitrogens with zero attached hydrogens (tertiary/aromatic N) is 3. The standard InChI is InChI=1S/C15H16Cl2N4O/c1-2-21-14(18-8-19-21)13(9-3-4-9)20-15(22)10-5-6-11(16)12(17)7-10/h5-9,13H,2-4H2,1H3,(H,20,22). The van der Waals surface area contributed by atoms with Crippen molar-refractivity contribution in [2.75, 3.05) is 0 Å². The number of aryl methyl sites for hydroxylation is 1. The van der Waals surface area contributed by atoms with Crippen molar-refractivity contribution >= 4 is 29.1 Å². The van der Waals surface area contributed by atoms with E-state index in [0.29, 0.717) is 21.5 Å². The van der Waals surface area contributed by atoms with Crippen LogP contribution in [0.1, 0.15) is 42.0 Å². The molecule has 1 N–H and O–H groups in total. The number of aromatic nitrogens is 3. The number of nitrogens with one attached hydrogen (secondary N) is 1. The molecule has 1 aromatic heterocycles. The Morgan fingerprint density at radius 3 is 2.82 bits per heavy atom. The molecule has 3 rings (SSSR count). The molecule has 116 valence electrons. The van der Waals surface area contributed by atoms with Crippen LogP contribution in [-0.4, -0.2) is 20.7 Å². The zero-order chi connectivity index (χ0) is 15.7. The van der Waals surface area contributed by atoms with Gasteiger partial charge in [-0.15, -0.1) is 0 Å². The summed E-state index contributed by atoms with van der Waals surface area (Å²) < 4.78 is 1.82. The van der Waals surface area contributed by atoms with Gasteiger partial charge < -0.3 is 5.32 Å². The Bertz CT molecular complexity index is 697. The van der Waals surface area contributed by atoms with Crippen molar-refractivity contribution in [2.45, 2.75) is 32.4 Å². The fraction of sp³-hybridized carbons (Fsp3) is 0.400. The highest BCUT2D eigenvalue weighted by molar-refractivity contribution is 6.42. The lowest BCUT2D eigenvalue weighted by atomic mass is 10.1. The van der Waals surface area contributed by atoms with Crippen LogP contribution in [0.3, 0.4) is 0 Å². The minimum atomic E-state index is -0.180. The number of amides is 1. The molecule has 1 fully saturated rings. The van der Waals surface area contributed by atoms with Gasteiger partial charge in [-0.2, -0.15) is 5.10 Å². The smallest absolute Gasteiger partial charge is 0.251 e. The van der Waals surface area contributed by atoms with E-state index in [1.165, 1.54) is 6.33 Å². The first-order chi connectivity index (χ1) is 10.6. The summed E-state index contributed by atoms with van der Waals surface area (Å²) in [6, 6.07) is 4.75. The van der Waals surface area contributed by atoms with Crippen molar-refractivity contribution in [1.82, 2.24) is 20.1 Å². The molecule has 1 saturated carbocycles. The van der Waals surface area contributed by atoms with Gasteiger partial charge in [-0.05, 0) is 43.9 Å². The van der Waals surface area contributed by atoms with E-state index in [1.807, 2.05) is 11.6 Å². The van der Waals surface area contributed by atoms with Gasteiger partial charge in [-0.3, -0.25) is 4.79 Å². The van der Waals surface area contributed by atoms with Gasteiger partial charge in [-0.1, -0.05) is 23.2 Å². The summed E-state index contributed by atoms with van der Waals surface area (Å²) in [6.07, 6.45) is 3.70. The van der Waals surface area contributed by atoms with E-state index in [4.69, 9.17) is 23.2 Å². The minimum Gasteiger partial charge on any atom is -0.342 e. The molecule has 1 atom stereocenters. The molecule has 0 saturated heterocycles. The van der Waals surface area contributed by atoms with E-state index in [2.05, 4.69) is 15.4 Å². The average molecular weight is 339 g/mol. The minimum absolute atomic E-state index is 0.121. The van der Waals surface area contributed by atoms with E-state index in [0.717, 1.165) is 25.2 Å². The van der Waals surface area contributed by atoms with Gasteiger partial charge in [0.25, 0.3) is 5.91 Å². The molecule has 0 spiro atoms. The normalized spacial score (nSPS) is 15.6. The summed E-state index contributed by atoms with van der Waals surface area (Å²) in [4.78, 5) is 16.8. The van der Waals surface area contributed by atoms with Crippen LogP contribution in [0, 0.1) is 5.92 Å². The monoisotopic (exact) mass is 338 g/mol. The number of rotatable bonds is 5. The van der Waals surface area contributed by atoms with Crippen LogP contribution in [-0.2, 0) is 6.54 Å². The topological polar surface area (TPSA) is 59.8 Å². The van der Waals surface area contributed by atoms with Crippen LogP contribution in [0.5, 0.6) is 0 Å². The van der Waals surface area contributed by atoms with Gasteiger partial charge in [0, 0.05) is 12.1 Å². The maximum absolute atomic E-state index is 12.5. The van der Waals surface area contributed by atoms with Gasteiger partial charge >= 0.3 is 0 Å². The Balaban J connectivity index is 1.82. The third kappa shape index (κ3) is 3.10. The van der Waals surface area contributed by atoms with Crippen LogP contribution < -0.4 is 5.32 Å². The summed E-state index contributed by atoms with van der Waals surface area (Å²) in [5, 5.41) is 8.04. The SMILES string of the molecule is CCn1ncnc1C(NC(=O)c1ccc(Cl)c(Cl)c1)C1CC1. The largest absolute Gasteiger partial charge is 0.342 e. The summed E-state index contributed by atoms with van der Waals surface area (Å²) in [5.74, 6) is 1.04. The molecule has 0 bridgehead atoms. The first kappa shape index (κ1) is 15.3. The maximum Gasteiger partial charge on any atom is 0.251 e. The van der Waals surface area contributed by atoms with Crippen LogP contribution in [0.4, 0.5) is 0 Å². The Hall–Kier alpha value is -1.59. The van der Waals surface area contributed by atoms with Gasteiger partial charge in [0.05, 0.1) is 16.1 Å². The van der Waals surface area contributed by atoms with Crippen molar-refractivity contribution in [3.63, 3.8) is 0 Å². The van der Waals surface area contributed by atoms with E-state index in [-0.39, 0.29) is 11.9 Å². The second kappa shape index (κ2) is 6.26. The van der Waals surface area contributed by atoms with E-state index in [9.17, 15) is 4.79 Å². The molecule has 1 amide bonds. The molecule has 7 heteroatoms. The van der Waals surface area contributed by atoms with Crippen molar-refractivity contribution in [1.29, 1.82) is 0 Å². The molecule has 1 unspecified atom stereocenters. The van der Waals surface area contributed by atoms with E-state index in [1.54, 1.807) is 18.2 Å². The molecule has 22 heavy (non-hydrogen) atoms. The van der Waals surface area contributed by atoms with Gasteiger partial charge in [0.15, 0.2) is 0 Å². The molecule has 1 aromatic carbocycles. The molecule has 0 aliphatic heterocycles. The zero-order valence-corrected chi connectivity index (χ0v) is 13.6. The molecule has 2 aromatic rings. The van der Waals surface area contributed by atoms with Gasteiger partial charge in [-0.25, -0.2) is 9.67 Å². The Kier molecular flexibility index (Phi) is 4.36. The first-order valence-electron chi connectivity index (χ1n) is 7.23. The number of hydrogen-bond donors (Lipinski definition) is 1. The second-order valence-corrected chi connectivity index (χ2v) is 6.17. The summed E-state index contributed by atoms with van der Waals surface area (Å²) in [5.41, 5.74) is 0.489. The lowest BCUT2D eigenvalue weighted by Gasteiger charge is -2.18. The third-order valence-corrected chi connectivity index (χ3v) is 4.52. The molecule has 1 heterocycles. The highest BCUT2D eigenvalue weighted by atomic mass is 35.5. The van der Waals surface area contributed by atoms with Crippen molar-refractivity contribution in [3.8, 4) is 0 Å². The van der Waals surface area contributed by atoms with Crippen LogP contribution in [0.2, 0.25) is 10.0 Å². The Morgan fingerprint density at radius 1 is 1.41 bits per heavy atom. The third-order valence-electron chi connectivity index (χ3n) is 3.78. The number of carbonyl (C=O) groups excluding carboxylic acids is 1. The summed E-state index contributed by atoms with van der Waals surface area (Å²) >= 11 is 11.9. The highest BCUT2D eigenvalue weighted by Gasteiger charge is 2.36. The molecular weight excluding hydrogens is 323 g/mol. The average Bonchev–Trinajstić information content (AvgIpc) is 3.24. The number of benzene rings is 1. The van der Waals surface area contributed by atoms with Crippen molar-refractivity contribution in [3.05, 3.63) is 46.0 Å². The molecule has 5 nitrogen and oxygen atoms in total. The summed E-state index contributed by atoms with van der Waals surface area (Å²) in [7, 11) is 0. The molecule has 0 radical (unpaired) electrons. The summed E-state index contributed by atoms with van der Waals surface area (Å²) in [6.45, 7) is 2.73. The number of halogens is 2. The molecule has 1 aliphatic rings. The molecular formula is C15H16Cl2N4O. The Morgan fingerprint density at radius 2 is 2.18 bits per heavy atom. The van der Waals surface area contributed by atoms with Gasteiger partial charge in [0.1, 0.15) is 12.2 Å². The zero-order valence-electron chi connectivity index (χ0n) is 12.1. The van der Waals surface area contributed by atoms with E-state index >= 15 is 0 Å². The quantitative estimate of drug-likeness (QED) is 0.907. The van der Waals surface area contributed by atoms with Crippen LogP contribution in [0.15, 0.2) is 24.5 Å². The van der Waals surface area contributed by atoms with Crippen LogP contribution >= 0.6 is 23.2 Å². The van der Waals surface area contributed by atoms with Crippen LogP contribution in [0.25, 0.3) is 0 Å². The number of hydrogen-bond acceptors (Lipinski definition) is 3. The Labute approximate surface area is 138 Å². The molecule has 1 aliphatic carbocycles.